The molecule has 10 nitrogen and oxygen atoms in total. The molecular weight excluding hydrogens is 420 g/mol. The van der Waals surface area contributed by atoms with E-state index in [0.717, 1.165) is 0 Å². The summed E-state index contributed by atoms with van der Waals surface area (Å²) in [6, 6.07) is 18.7. The highest BCUT2D eigenvalue weighted by Crippen LogP contribution is 2.36. The minimum Gasteiger partial charge on any atom is -0.464 e. The number of imide groups is 2. The Kier molecular flexibility index (Phi) is 6.06. The van der Waals surface area contributed by atoms with Crippen molar-refractivity contribution < 1.29 is 39.6 Å². The van der Waals surface area contributed by atoms with Crippen LogP contribution in [0.15, 0.2) is 72.8 Å². The predicted molar refractivity (Wildman–Crippen MR) is 114 cm³/mol. The highest BCUT2D eigenvalue weighted by atomic mass is 16.4. The molecular formula is C22H16N2O8. The van der Waals surface area contributed by atoms with Crippen LogP contribution in [0.2, 0.25) is 0 Å². The minimum absolute atomic E-state index is 0.0560. The first-order valence-electron chi connectivity index (χ1n) is 9.02. The van der Waals surface area contributed by atoms with Crippen LogP contribution in [0.25, 0.3) is 22.3 Å². The Hall–Kier alpha value is -4.86. The Balaban J connectivity index is 2.11. The molecule has 0 fully saturated rings. The minimum atomic E-state index is -1.66. The molecule has 4 N–H and O–H groups in total. The molecule has 32 heavy (non-hydrogen) atoms. The number of carboxylic acid groups (broad SMARTS) is 4. The largest absolute Gasteiger partial charge is 0.464 e. The smallest absolute Gasteiger partial charge is 0.421 e. The van der Waals surface area contributed by atoms with E-state index in [4.69, 9.17) is 10.2 Å². The first-order chi connectivity index (χ1) is 15.2. The molecule has 0 atom stereocenters. The van der Waals surface area contributed by atoms with E-state index in [9.17, 15) is 29.4 Å². The second kappa shape index (κ2) is 8.88. The Bertz CT molecular complexity index is 1160. The van der Waals surface area contributed by atoms with Crippen molar-refractivity contribution in [2.75, 3.05) is 9.80 Å². The fourth-order valence-corrected chi connectivity index (χ4v) is 3.15. The zero-order valence-electron chi connectivity index (χ0n) is 16.2. The van der Waals surface area contributed by atoms with Crippen LogP contribution in [-0.4, -0.2) is 44.8 Å². The van der Waals surface area contributed by atoms with Crippen LogP contribution in [0.4, 0.5) is 30.6 Å². The number of nitrogens with zero attached hydrogens (tertiary/aromatic N) is 2. The molecule has 0 heterocycles. The molecule has 0 aliphatic carbocycles. The number of hydrogen-bond acceptors (Lipinski definition) is 4. The quantitative estimate of drug-likeness (QED) is 0.427. The molecule has 0 aliphatic rings. The third kappa shape index (κ3) is 4.33. The molecule has 0 unspecified atom stereocenters. The third-order valence-electron chi connectivity index (χ3n) is 4.55. The lowest BCUT2D eigenvalue weighted by Gasteiger charge is -2.19. The van der Waals surface area contributed by atoms with E-state index in [1.54, 1.807) is 36.4 Å². The summed E-state index contributed by atoms with van der Waals surface area (Å²) in [6.45, 7) is 0. The van der Waals surface area contributed by atoms with Crippen LogP contribution < -0.4 is 9.80 Å². The SMILES string of the molecule is O=C(O)N(C(=O)O)c1ccc(-c2ccc(N(C(=O)O)C(=O)O)c(-c3ccccc3)c2)cc1. The summed E-state index contributed by atoms with van der Waals surface area (Å²) in [5.74, 6) is 0. The second-order valence-corrected chi connectivity index (χ2v) is 6.45. The van der Waals surface area contributed by atoms with Gasteiger partial charge in [-0.1, -0.05) is 48.5 Å². The average molecular weight is 436 g/mol. The topological polar surface area (TPSA) is 156 Å². The predicted octanol–water partition coefficient (Wildman–Crippen LogP) is 5.35. The maximum Gasteiger partial charge on any atom is 0.421 e. The van der Waals surface area contributed by atoms with E-state index in [2.05, 4.69) is 0 Å². The lowest BCUT2D eigenvalue weighted by molar-refractivity contribution is 0.182. The Morgan fingerprint density at radius 2 is 1.03 bits per heavy atom. The molecule has 0 aromatic heterocycles. The molecule has 0 spiro atoms. The van der Waals surface area contributed by atoms with Gasteiger partial charge >= 0.3 is 24.4 Å². The molecule has 0 saturated heterocycles. The number of rotatable bonds is 4. The molecule has 0 radical (unpaired) electrons. The van der Waals surface area contributed by atoms with E-state index >= 15 is 0 Å². The van der Waals surface area contributed by atoms with Crippen LogP contribution >= 0.6 is 0 Å². The number of benzene rings is 3. The molecule has 0 aliphatic heterocycles. The Morgan fingerprint density at radius 3 is 1.53 bits per heavy atom. The lowest BCUT2D eigenvalue weighted by Crippen LogP contribution is -2.34. The van der Waals surface area contributed by atoms with Crippen LogP contribution in [0.5, 0.6) is 0 Å². The van der Waals surface area contributed by atoms with E-state index in [-0.39, 0.29) is 21.2 Å². The maximum atomic E-state index is 11.5. The maximum absolute atomic E-state index is 11.5. The van der Waals surface area contributed by atoms with Crippen molar-refractivity contribution in [2.45, 2.75) is 0 Å². The first kappa shape index (κ1) is 21.8. The molecule has 3 aromatic carbocycles. The normalized spacial score (nSPS) is 10.2. The van der Waals surface area contributed by atoms with Gasteiger partial charge in [-0.05, 0) is 41.0 Å². The number of carbonyl (C=O) groups is 4. The summed E-state index contributed by atoms with van der Waals surface area (Å²) in [5.41, 5.74) is 1.94. The Labute approximate surface area is 180 Å². The average Bonchev–Trinajstić information content (AvgIpc) is 2.74. The molecule has 10 heteroatoms. The van der Waals surface area contributed by atoms with Gasteiger partial charge in [0.1, 0.15) is 0 Å². The van der Waals surface area contributed by atoms with E-state index in [0.29, 0.717) is 22.3 Å². The summed E-state index contributed by atoms with van der Waals surface area (Å²) in [6.07, 6.45) is -6.62. The van der Waals surface area contributed by atoms with E-state index in [1.165, 1.54) is 36.4 Å². The summed E-state index contributed by atoms with van der Waals surface area (Å²) in [4.78, 5) is 45.8. The highest BCUT2D eigenvalue weighted by molar-refractivity contribution is 6.11. The molecule has 0 bridgehead atoms. The second-order valence-electron chi connectivity index (χ2n) is 6.45. The van der Waals surface area contributed by atoms with Crippen LogP contribution in [0, 0.1) is 0 Å². The van der Waals surface area contributed by atoms with Gasteiger partial charge in [-0.25, -0.2) is 19.2 Å². The van der Waals surface area contributed by atoms with Gasteiger partial charge in [0.05, 0.1) is 11.4 Å². The van der Waals surface area contributed by atoms with Gasteiger partial charge < -0.3 is 20.4 Å². The number of amides is 4. The van der Waals surface area contributed by atoms with Crippen molar-refractivity contribution in [2.24, 2.45) is 0 Å². The fraction of sp³-hybridized carbons (Fsp3) is 0. The van der Waals surface area contributed by atoms with Crippen molar-refractivity contribution in [3.8, 4) is 22.3 Å². The summed E-state index contributed by atoms with van der Waals surface area (Å²) in [7, 11) is 0. The van der Waals surface area contributed by atoms with Crippen molar-refractivity contribution in [3.63, 3.8) is 0 Å². The van der Waals surface area contributed by atoms with Crippen LogP contribution in [-0.2, 0) is 0 Å². The van der Waals surface area contributed by atoms with Gasteiger partial charge in [-0.15, -0.1) is 0 Å². The zero-order valence-corrected chi connectivity index (χ0v) is 16.2. The van der Waals surface area contributed by atoms with Crippen molar-refractivity contribution in [1.82, 2.24) is 0 Å². The molecule has 3 aromatic rings. The van der Waals surface area contributed by atoms with Crippen LogP contribution in [0.3, 0.4) is 0 Å². The fourth-order valence-electron chi connectivity index (χ4n) is 3.15. The van der Waals surface area contributed by atoms with Gasteiger partial charge in [0, 0.05) is 5.56 Å². The summed E-state index contributed by atoms with van der Waals surface area (Å²) < 4.78 is 0. The zero-order chi connectivity index (χ0) is 23.4. The van der Waals surface area contributed by atoms with Crippen molar-refractivity contribution in [3.05, 3.63) is 72.8 Å². The highest BCUT2D eigenvalue weighted by Gasteiger charge is 2.26. The molecule has 0 saturated carbocycles. The standard InChI is InChI=1S/C22H16N2O8/c25-19(26)23(20(27)28)16-9-6-13(7-10-16)15-8-11-18(24(21(29)30)22(31)32)17(12-15)14-4-2-1-3-5-14/h1-12H,(H,25,26)(H,27,28)(H,29,30)(H,31,32). The lowest BCUT2D eigenvalue weighted by atomic mass is 9.96. The van der Waals surface area contributed by atoms with Gasteiger partial charge in [-0.2, -0.15) is 9.80 Å². The molecule has 3 rings (SSSR count). The summed E-state index contributed by atoms with van der Waals surface area (Å²) in [5, 5.41) is 36.9. The third-order valence-corrected chi connectivity index (χ3v) is 4.55. The first-order valence-corrected chi connectivity index (χ1v) is 9.02. The van der Waals surface area contributed by atoms with E-state index in [1.807, 2.05) is 0 Å². The molecule has 162 valence electrons. The van der Waals surface area contributed by atoms with Crippen LogP contribution in [0.1, 0.15) is 0 Å². The molecule has 4 amide bonds. The monoisotopic (exact) mass is 436 g/mol. The van der Waals surface area contributed by atoms with Gasteiger partial charge in [-0.3, -0.25) is 0 Å². The van der Waals surface area contributed by atoms with Gasteiger partial charge in [0.25, 0.3) is 0 Å². The summed E-state index contributed by atoms with van der Waals surface area (Å²) >= 11 is 0. The van der Waals surface area contributed by atoms with Crippen molar-refractivity contribution in [1.29, 1.82) is 0 Å². The van der Waals surface area contributed by atoms with E-state index < -0.39 is 24.4 Å². The van der Waals surface area contributed by atoms with Gasteiger partial charge in [0.2, 0.25) is 0 Å². The number of anilines is 2. The Morgan fingerprint density at radius 1 is 0.531 bits per heavy atom. The van der Waals surface area contributed by atoms with Gasteiger partial charge in [0.15, 0.2) is 0 Å². The van der Waals surface area contributed by atoms with Crippen molar-refractivity contribution >= 4 is 35.7 Å². The number of hydrogen-bond donors (Lipinski definition) is 4.